The molecule has 3 atom stereocenters. The van der Waals surface area contributed by atoms with Gasteiger partial charge in [-0.05, 0) is 50.3 Å². The Hall–Kier alpha value is -1.13. The number of hydrogen-bond donors (Lipinski definition) is 2. The maximum absolute atomic E-state index is 12.0. The highest BCUT2D eigenvalue weighted by atomic mass is 16.5. The lowest BCUT2D eigenvalue weighted by Gasteiger charge is -2.19. The second-order valence-corrected chi connectivity index (χ2v) is 5.48. The van der Waals surface area contributed by atoms with Crippen LogP contribution in [0.5, 0.6) is 0 Å². The first-order chi connectivity index (χ1) is 9.29. The lowest BCUT2D eigenvalue weighted by Crippen LogP contribution is -2.38. The maximum Gasteiger partial charge on any atom is 0.323 e. The number of rotatable bonds is 2. The van der Waals surface area contributed by atoms with Crippen LogP contribution in [0.15, 0.2) is 23.3 Å². The molecule has 3 unspecified atom stereocenters. The molecule has 2 N–H and O–H groups in total. The van der Waals surface area contributed by atoms with E-state index < -0.39 is 0 Å². The number of fused-ring (bicyclic) bond motifs is 2. The smallest absolute Gasteiger partial charge is 0.323 e. The van der Waals surface area contributed by atoms with E-state index >= 15 is 0 Å². The topological polar surface area (TPSA) is 50.4 Å². The van der Waals surface area contributed by atoms with E-state index in [1.807, 2.05) is 6.92 Å². The quantitative estimate of drug-likeness (QED) is 0.736. The van der Waals surface area contributed by atoms with Crippen molar-refractivity contribution < 1.29 is 9.53 Å². The summed E-state index contributed by atoms with van der Waals surface area (Å²) in [5.74, 6) is -0.112. The van der Waals surface area contributed by atoms with Crippen LogP contribution in [0.2, 0.25) is 0 Å². The summed E-state index contributed by atoms with van der Waals surface area (Å²) >= 11 is 0. The predicted octanol–water partition coefficient (Wildman–Crippen LogP) is 1.29. The van der Waals surface area contributed by atoms with E-state index in [4.69, 9.17) is 4.74 Å². The summed E-state index contributed by atoms with van der Waals surface area (Å²) in [4.78, 5) is 12.0. The van der Waals surface area contributed by atoms with Crippen LogP contribution in [0.25, 0.3) is 0 Å². The van der Waals surface area contributed by atoms with E-state index in [-0.39, 0.29) is 12.0 Å². The van der Waals surface area contributed by atoms with Gasteiger partial charge in [0.15, 0.2) is 0 Å². The molecule has 3 aliphatic rings. The number of esters is 1. The molecule has 2 heterocycles. The molecule has 4 heteroatoms. The Labute approximate surface area is 114 Å². The molecule has 0 radical (unpaired) electrons. The minimum atomic E-state index is -0.177. The van der Waals surface area contributed by atoms with E-state index in [9.17, 15) is 4.79 Å². The molecule has 2 aliphatic heterocycles. The van der Waals surface area contributed by atoms with E-state index in [1.165, 1.54) is 17.6 Å². The van der Waals surface area contributed by atoms with Crippen molar-refractivity contribution in [2.75, 3.05) is 13.2 Å². The summed E-state index contributed by atoms with van der Waals surface area (Å²) in [6.45, 7) is 3.18. The Morgan fingerprint density at radius 1 is 1.42 bits per heavy atom. The molecular formula is C15H22N2O2. The van der Waals surface area contributed by atoms with Crippen molar-refractivity contribution in [2.24, 2.45) is 0 Å². The summed E-state index contributed by atoms with van der Waals surface area (Å²) in [5, 5.41) is 7.03. The van der Waals surface area contributed by atoms with Crippen LogP contribution in [-0.4, -0.2) is 37.2 Å². The van der Waals surface area contributed by atoms with Gasteiger partial charge in [0.25, 0.3) is 0 Å². The van der Waals surface area contributed by atoms with Gasteiger partial charge in [-0.25, -0.2) is 0 Å². The van der Waals surface area contributed by atoms with Crippen molar-refractivity contribution in [3.8, 4) is 0 Å². The van der Waals surface area contributed by atoms with Crippen molar-refractivity contribution in [2.45, 2.75) is 50.7 Å². The van der Waals surface area contributed by atoms with Crippen molar-refractivity contribution >= 4 is 5.97 Å². The molecule has 1 aliphatic carbocycles. The molecule has 0 bridgehead atoms. The molecule has 104 valence electrons. The average Bonchev–Trinajstić information content (AvgIpc) is 2.63. The highest BCUT2D eigenvalue weighted by Crippen LogP contribution is 2.34. The fraction of sp³-hybridized carbons (Fsp3) is 0.667. The molecule has 0 amide bonds. The summed E-state index contributed by atoms with van der Waals surface area (Å²) in [5.41, 5.74) is 2.85. The Balaban J connectivity index is 1.82. The number of carbonyl (C=O) groups is 1. The van der Waals surface area contributed by atoms with Crippen molar-refractivity contribution in [1.29, 1.82) is 0 Å². The largest absolute Gasteiger partial charge is 0.465 e. The van der Waals surface area contributed by atoms with Crippen LogP contribution in [0.3, 0.4) is 0 Å². The third-order valence-corrected chi connectivity index (χ3v) is 4.31. The first kappa shape index (κ1) is 12.9. The van der Waals surface area contributed by atoms with Crippen molar-refractivity contribution in [3.63, 3.8) is 0 Å². The highest BCUT2D eigenvalue weighted by Gasteiger charge is 2.36. The molecule has 0 aromatic heterocycles. The van der Waals surface area contributed by atoms with Gasteiger partial charge in [0.2, 0.25) is 0 Å². The Morgan fingerprint density at radius 2 is 2.32 bits per heavy atom. The number of nitrogens with one attached hydrogen (secondary N) is 2. The fourth-order valence-electron chi connectivity index (χ4n) is 3.41. The van der Waals surface area contributed by atoms with Gasteiger partial charge in [0, 0.05) is 12.1 Å². The zero-order valence-corrected chi connectivity index (χ0v) is 11.4. The molecular weight excluding hydrogens is 240 g/mol. The van der Waals surface area contributed by atoms with Crippen LogP contribution in [-0.2, 0) is 9.53 Å². The molecule has 1 saturated heterocycles. The third kappa shape index (κ3) is 2.47. The molecule has 0 saturated carbocycles. The average molecular weight is 262 g/mol. The van der Waals surface area contributed by atoms with Gasteiger partial charge in [-0.15, -0.1) is 0 Å². The van der Waals surface area contributed by atoms with Crippen LogP contribution in [0.1, 0.15) is 32.6 Å². The number of allylic oxidation sites excluding steroid dienone is 1. The summed E-state index contributed by atoms with van der Waals surface area (Å²) in [6.07, 6.45) is 8.68. The van der Waals surface area contributed by atoms with Gasteiger partial charge in [0.1, 0.15) is 6.04 Å². The maximum atomic E-state index is 12.0. The lowest BCUT2D eigenvalue weighted by atomic mass is 9.91. The van der Waals surface area contributed by atoms with Gasteiger partial charge < -0.3 is 15.4 Å². The van der Waals surface area contributed by atoms with E-state index in [2.05, 4.69) is 22.8 Å². The second-order valence-electron chi connectivity index (χ2n) is 5.48. The Morgan fingerprint density at radius 3 is 3.16 bits per heavy atom. The SMILES string of the molecule is CCOC(=O)C1CC2=C3C=CCCC3NC2CCN1. The molecule has 3 rings (SSSR count). The zero-order valence-electron chi connectivity index (χ0n) is 11.4. The standard InChI is InChI=1S/C15H22N2O2/c1-2-19-15(18)14-9-11-10-5-3-4-6-12(10)17-13(11)7-8-16-14/h3,5,12-14,16-17H,2,4,6-9H2,1H3. The van der Waals surface area contributed by atoms with Crippen molar-refractivity contribution in [1.82, 2.24) is 10.6 Å². The minimum Gasteiger partial charge on any atom is -0.465 e. The van der Waals surface area contributed by atoms with E-state index in [1.54, 1.807) is 0 Å². The minimum absolute atomic E-state index is 0.112. The fourth-order valence-corrected chi connectivity index (χ4v) is 3.41. The van der Waals surface area contributed by atoms with Crippen LogP contribution in [0.4, 0.5) is 0 Å². The normalized spacial score (nSPS) is 33.6. The van der Waals surface area contributed by atoms with Gasteiger partial charge in [-0.1, -0.05) is 12.2 Å². The summed E-state index contributed by atoms with van der Waals surface area (Å²) in [6, 6.07) is 0.768. The first-order valence-corrected chi connectivity index (χ1v) is 7.35. The monoisotopic (exact) mass is 262 g/mol. The summed E-state index contributed by atoms with van der Waals surface area (Å²) < 4.78 is 5.16. The molecule has 1 fully saturated rings. The van der Waals surface area contributed by atoms with Crippen LogP contribution < -0.4 is 10.6 Å². The van der Waals surface area contributed by atoms with Gasteiger partial charge in [-0.3, -0.25) is 4.79 Å². The van der Waals surface area contributed by atoms with Crippen LogP contribution >= 0.6 is 0 Å². The highest BCUT2D eigenvalue weighted by molar-refractivity contribution is 5.76. The first-order valence-electron chi connectivity index (χ1n) is 7.35. The Kier molecular flexibility index (Phi) is 3.71. The molecule has 4 nitrogen and oxygen atoms in total. The van der Waals surface area contributed by atoms with Crippen molar-refractivity contribution in [3.05, 3.63) is 23.3 Å². The third-order valence-electron chi connectivity index (χ3n) is 4.31. The predicted molar refractivity (Wildman–Crippen MR) is 73.8 cm³/mol. The molecule has 0 spiro atoms. The molecule has 0 aromatic rings. The lowest BCUT2D eigenvalue weighted by molar-refractivity contribution is -0.145. The van der Waals surface area contributed by atoms with Gasteiger partial charge in [-0.2, -0.15) is 0 Å². The number of ether oxygens (including phenoxy) is 1. The molecule has 19 heavy (non-hydrogen) atoms. The zero-order chi connectivity index (χ0) is 13.2. The summed E-state index contributed by atoms with van der Waals surface area (Å²) in [7, 11) is 0. The van der Waals surface area contributed by atoms with E-state index in [0.29, 0.717) is 18.7 Å². The van der Waals surface area contributed by atoms with Crippen LogP contribution in [0, 0.1) is 0 Å². The second kappa shape index (κ2) is 5.47. The molecule has 0 aromatic carbocycles. The van der Waals surface area contributed by atoms with E-state index in [0.717, 1.165) is 25.8 Å². The number of carbonyl (C=O) groups excluding carboxylic acids is 1. The van der Waals surface area contributed by atoms with Gasteiger partial charge in [0.05, 0.1) is 6.61 Å². The van der Waals surface area contributed by atoms with Gasteiger partial charge >= 0.3 is 5.97 Å². The number of hydrogen-bond acceptors (Lipinski definition) is 4. The Bertz CT molecular complexity index is 428.